The zero-order valence-corrected chi connectivity index (χ0v) is 11.7. The highest BCUT2D eigenvalue weighted by atomic mass is 16.5. The number of quaternary nitrogens is 1. The molecule has 2 aromatic rings. The Hall–Kier alpha value is -2.50. The van der Waals surface area contributed by atoms with Gasteiger partial charge in [0.25, 0.3) is 0 Å². The number of hydrogen-bond donors (Lipinski definition) is 2. The molecule has 5 heteroatoms. The van der Waals surface area contributed by atoms with Crippen molar-refractivity contribution in [2.24, 2.45) is 4.99 Å². The molecule has 108 valence electrons. The zero-order chi connectivity index (χ0) is 15.1. The first-order valence-corrected chi connectivity index (χ1v) is 6.62. The minimum Gasteiger partial charge on any atom is -0.462 e. The summed E-state index contributed by atoms with van der Waals surface area (Å²) in [6.07, 6.45) is 1.67. The van der Waals surface area contributed by atoms with Crippen LogP contribution in [0.25, 0.3) is 0 Å². The zero-order valence-electron chi connectivity index (χ0n) is 11.7. The fourth-order valence-corrected chi connectivity index (χ4v) is 1.79. The second-order valence-electron chi connectivity index (χ2n) is 4.28. The van der Waals surface area contributed by atoms with Gasteiger partial charge in [0, 0.05) is 12.3 Å². The molecule has 0 radical (unpaired) electrons. The van der Waals surface area contributed by atoms with E-state index in [1.165, 1.54) is 0 Å². The Morgan fingerprint density at radius 1 is 1.24 bits per heavy atom. The van der Waals surface area contributed by atoms with Gasteiger partial charge in [0.15, 0.2) is 5.69 Å². The molecule has 0 fully saturated rings. The van der Waals surface area contributed by atoms with Gasteiger partial charge in [0.2, 0.25) is 0 Å². The topological polar surface area (TPSA) is 75.5 Å². The van der Waals surface area contributed by atoms with Gasteiger partial charge >= 0.3 is 5.97 Å². The van der Waals surface area contributed by atoms with Crippen molar-refractivity contribution in [3.05, 3.63) is 59.7 Å². The molecule has 0 aliphatic carbocycles. The third-order valence-electron chi connectivity index (χ3n) is 2.87. The fraction of sp³-hybridized carbons (Fsp3) is 0.125. The van der Waals surface area contributed by atoms with Gasteiger partial charge in [0.05, 0.1) is 23.4 Å². The fourth-order valence-electron chi connectivity index (χ4n) is 1.79. The minimum atomic E-state index is -0.340. The summed E-state index contributed by atoms with van der Waals surface area (Å²) < 4.78 is 4.92. The Kier molecular flexibility index (Phi) is 5.20. The van der Waals surface area contributed by atoms with Gasteiger partial charge in [-0.2, -0.15) is 5.48 Å². The molecule has 2 rings (SSSR count). The van der Waals surface area contributed by atoms with Crippen LogP contribution in [0.4, 0.5) is 11.4 Å². The van der Waals surface area contributed by atoms with Crippen LogP contribution in [0.3, 0.4) is 0 Å². The van der Waals surface area contributed by atoms with E-state index in [-0.39, 0.29) is 5.97 Å². The normalized spacial score (nSPS) is 10.8. The van der Waals surface area contributed by atoms with Crippen LogP contribution in [0.5, 0.6) is 0 Å². The van der Waals surface area contributed by atoms with Crippen LogP contribution in [0, 0.1) is 0 Å². The summed E-state index contributed by atoms with van der Waals surface area (Å²) in [4.78, 5) is 15.8. The average molecular weight is 285 g/mol. The van der Waals surface area contributed by atoms with E-state index in [9.17, 15) is 4.79 Å². The minimum absolute atomic E-state index is 0.340. The van der Waals surface area contributed by atoms with Gasteiger partial charge in [-0.3, -0.25) is 4.99 Å². The van der Waals surface area contributed by atoms with Crippen molar-refractivity contribution >= 4 is 23.6 Å². The molecule has 21 heavy (non-hydrogen) atoms. The maximum atomic E-state index is 11.5. The van der Waals surface area contributed by atoms with Crippen molar-refractivity contribution in [3.63, 3.8) is 0 Å². The van der Waals surface area contributed by atoms with E-state index in [2.05, 4.69) is 4.99 Å². The molecular formula is C16H17N2O3+. The van der Waals surface area contributed by atoms with Crippen molar-refractivity contribution < 1.29 is 20.2 Å². The van der Waals surface area contributed by atoms with Gasteiger partial charge < -0.3 is 4.74 Å². The van der Waals surface area contributed by atoms with Crippen LogP contribution >= 0.6 is 0 Å². The number of ether oxygens (including phenoxy) is 1. The third kappa shape index (κ3) is 3.98. The number of rotatable bonds is 5. The molecule has 0 spiro atoms. The Morgan fingerprint density at radius 2 is 1.95 bits per heavy atom. The van der Waals surface area contributed by atoms with Gasteiger partial charge in [0.1, 0.15) is 0 Å². The van der Waals surface area contributed by atoms with Crippen molar-refractivity contribution in [3.8, 4) is 0 Å². The molecular weight excluding hydrogens is 268 g/mol. The van der Waals surface area contributed by atoms with Crippen molar-refractivity contribution in [2.45, 2.75) is 6.92 Å². The summed E-state index contributed by atoms with van der Waals surface area (Å²) in [7, 11) is 0. The molecule has 2 aromatic carbocycles. The second-order valence-corrected chi connectivity index (χ2v) is 4.28. The quantitative estimate of drug-likeness (QED) is 0.383. The van der Waals surface area contributed by atoms with Crippen molar-refractivity contribution in [1.29, 1.82) is 0 Å². The van der Waals surface area contributed by atoms with E-state index in [0.717, 1.165) is 16.7 Å². The van der Waals surface area contributed by atoms with Gasteiger partial charge in [-0.1, -0.05) is 12.1 Å². The van der Waals surface area contributed by atoms with Crippen LogP contribution < -0.4 is 5.48 Å². The number of carbonyl (C=O) groups excluding carboxylic acids is 1. The van der Waals surface area contributed by atoms with Crippen LogP contribution in [0.15, 0.2) is 53.5 Å². The largest absolute Gasteiger partial charge is 0.462 e. The van der Waals surface area contributed by atoms with E-state index in [1.54, 1.807) is 43.5 Å². The van der Waals surface area contributed by atoms with E-state index in [1.807, 2.05) is 18.2 Å². The first kappa shape index (κ1) is 14.9. The Morgan fingerprint density at radius 3 is 2.62 bits per heavy atom. The van der Waals surface area contributed by atoms with Gasteiger partial charge in [-0.15, -0.1) is 0 Å². The number of benzene rings is 2. The molecule has 0 bridgehead atoms. The standard InChI is InChI=1S/C16H16N2O3/c1-2-21-16(19)12-7-9-14(10-8-12)17-11-13-5-3-4-6-15(13)18-20/h3-11,18,20H,2H2,1H3/p+1. The number of nitrogens with two attached hydrogens (primary N) is 1. The molecule has 0 aliphatic heterocycles. The predicted molar refractivity (Wildman–Crippen MR) is 79.5 cm³/mol. The number of para-hydroxylation sites is 1. The lowest BCUT2D eigenvalue weighted by Gasteiger charge is -2.01. The lowest BCUT2D eigenvalue weighted by atomic mass is 10.2. The highest BCUT2D eigenvalue weighted by molar-refractivity contribution is 5.90. The number of carbonyl (C=O) groups is 1. The molecule has 0 aliphatic rings. The van der Waals surface area contributed by atoms with E-state index < -0.39 is 0 Å². The molecule has 5 nitrogen and oxygen atoms in total. The molecule has 0 amide bonds. The smallest absolute Gasteiger partial charge is 0.338 e. The molecule has 0 saturated carbocycles. The van der Waals surface area contributed by atoms with Crippen LogP contribution in [0.1, 0.15) is 22.8 Å². The summed E-state index contributed by atoms with van der Waals surface area (Å²) in [5.41, 5.74) is 3.78. The maximum absolute atomic E-state index is 11.5. The molecule has 0 aromatic heterocycles. The summed E-state index contributed by atoms with van der Waals surface area (Å²) in [6, 6.07) is 14.2. The van der Waals surface area contributed by atoms with Crippen LogP contribution in [-0.4, -0.2) is 24.0 Å². The SMILES string of the molecule is CCOC(=O)c1ccc(N=Cc2ccccc2[NH2+]O)cc1. The van der Waals surface area contributed by atoms with Crippen molar-refractivity contribution in [2.75, 3.05) is 6.61 Å². The van der Waals surface area contributed by atoms with Crippen LogP contribution in [-0.2, 0) is 4.74 Å². The number of aliphatic imine (C=N–C) groups is 1. The first-order valence-electron chi connectivity index (χ1n) is 6.62. The lowest BCUT2D eigenvalue weighted by molar-refractivity contribution is -0.825. The monoisotopic (exact) mass is 285 g/mol. The van der Waals surface area contributed by atoms with Gasteiger partial charge in [-0.25, -0.2) is 10.0 Å². The van der Waals surface area contributed by atoms with E-state index >= 15 is 0 Å². The molecule has 3 N–H and O–H groups in total. The summed E-state index contributed by atoms with van der Waals surface area (Å²) in [6.45, 7) is 2.12. The molecule has 0 saturated heterocycles. The molecule has 0 heterocycles. The van der Waals surface area contributed by atoms with E-state index in [4.69, 9.17) is 9.94 Å². The first-order chi connectivity index (χ1) is 10.2. The Bertz CT molecular complexity index is 636. The Balaban J connectivity index is 2.13. The average Bonchev–Trinajstić information content (AvgIpc) is 2.54. The van der Waals surface area contributed by atoms with Gasteiger partial charge in [-0.05, 0) is 37.3 Å². The second kappa shape index (κ2) is 7.33. The summed E-state index contributed by atoms with van der Waals surface area (Å²) >= 11 is 0. The molecule has 0 unspecified atom stereocenters. The molecule has 0 atom stereocenters. The highest BCUT2D eigenvalue weighted by Gasteiger charge is 2.05. The summed E-state index contributed by atoms with van der Waals surface area (Å²) in [5.74, 6) is -0.340. The maximum Gasteiger partial charge on any atom is 0.338 e. The number of hydrogen-bond acceptors (Lipinski definition) is 4. The third-order valence-corrected chi connectivity index (χ3v) is 2.87. The Labute approximate surface area is 122 Å². The lowest BCUT2D eigenvalue weighted by Crippen LogP contribution is -2.74. The predicted octanol–water partition coefficient (Wildman–Crippen LogP) is 2.20. The van der Waals surface area contributed by atoms with Crippen LogP contribution in [0.2, 0.25) is 0 Å². The van der Waals surface area contributed by atoms with Crippen molar-refractivity contribution in [1.82, 2.24) is 0 Å². The number of nitrogens with zero attached hydrogens (tertiary/aromatic N) is 1. The van der Waals surface area contributed by atoms with E-state index in [0.29, 0.717) is 17.9 Å². The number of esters is 1. The summed E-state index contributed by atoms with van der Waals surface area (Å²) in [5, 5.41) is 9.13. The highest BCUT2D eigenvalue weighted by Crippen LogP contribution is 2.15.